The first-order valence-corrected chi connectivity index (χ1v) is 6.64. The van der Waals surface area contributed by atoms with Crippen molar-refractivity contribution in [2.24, 2.45) is 7.05 Å². The predicted octanol–water partition coefficient (Wildman–Crippen LogP) is 1.88. The van der Waals surface area contributed by atoms with E-state index in [2.05, 4.69) is 43.3 Å². The molecule has 5 nitrogen and oxygen atoms in total. The number of nitrogens with zero attached hydrogens (tertiary/aromatic N) is 3. The molecule has 0 saturated carbocycles. The molecule has 0 unspecified atom stereocenters. The summed E-state index contributed by atoms with van der Waals surface area (Å²) in [6.07, 6.45) is 2.33. The average molecular weight is 253 g/mol. The molecule has 0 amide bonds. The highest BCUT2D eigenvalue weighted by Crippen LogP contribution is 2.27. The van der Waals surface area contributed by atoms with E-state index in [0.29, 0.717) is 5.92 Å². The van der Waals surface area contributed by atoms with Crippen molar-refractivity contribution in [1.29, 1.82) is 0 Å². The Morgan fingerprint density at radius 1 is 1.33 bits per heavy atom. The van der Waals surface area contributed by atoms with Crippen LogP contribution in [-0.2, 0) is 7.05 Å². The molecule has 0 atom stereocenters. The predicted molar refractivity (Wildman–Crippen MR) is 78.0 cm³/mol. The Bertz CT molecular complexity index is 368. The van der Waals surface area contributed by atoms with Crippen LogP contribution in [0.3, 0.4) is 0 Å². The van der Waals surface area contributed by atoms with Gasteiger partial charge in [-0.2, -0.15) is 5.10 Å². The lowest BCUT2D eigenvalue weighted by atomic mass is 10.1. The van der Waals surface area contributed by atoms with Crippen LogP contribution in [0.4, 0.5) is 11.5 Å². The van der Waals surface area contributed by atoms with E-state index >= 15 is 0 Å². The molecule has 3 N–H and O–H groups in total. The molecule has 0 aromatic carbocycles. The minimum Gasteiger partial charge on any atom is -0.394 e. The highest BCUT2D eigenvalue weighted by molar-refractivity contribution is 5.65. The van der Waals surface area contributed by atoms with Gasteiger partial charge in [-0.15, -0.1) is 0 Å². The van der Waals surface area contributed by atoms with Gasteiger partial charge in [0.25, 0.3) is 0 Å². The summed E-state index contributed by atoms with van der Waals surface area (Å²) < 4.78 is 1.84. The maximum absolute atomic E-state index is 6.11. The Morgan fingerprint density at radius 3 is 2.50 bits per heavy atom. The molecule has 1 heterocycles. The normalized spacial score (nSPS) is 11.5. The molecule has 0 bridgehead atoms. The van der Waals surface area contributed by atoms with Gasteiger partial charge in [0.1, 0.15) is 5.82 Å². The summed E-state index contributed by atoms with van der Waals surface area (Å²) in [5, 5.41) is 7.84. The van der Waals surface area contributed by atoms with Gasteiger partial charge in [0.15, 0.2) is 0 Å². The molecule has 1 rings (SSSR count). The van der Waals surface area contributed by atoms with Crippen molar-refractivity contribution in [3.05, 3.63) is 5.69 Å². The molecule has 0 aliphatic carbocycles. The minimum absolute atomic E-state index is 0.362. The molecule has 1 aromatic rings. The summed E-state index contributed by atoms with van der Waals surface area (Å²) in [6.45, 7) is 6.29. The Labute approximate surface area is 110 Å². The van der Waals surface area contributed by atoms with Crippen LogP contribution < -0.4 is 11.1 Å². The Morgan fingerprint density at radius 2 is 2.00 bits per heavy atom. The second kappa shape index (κ2) is 6.64. The first kappa shape index (κ1) is 14.8. The zero-order chi connectivity index (χ0) is 13.7. The van der Waals surface area contributed by atoms with Crippen LogP contribution in [0, 0.1) is 0 Å². The van der Waals surface area contributed by atoms with Crippen molar-refractivity contribution in [1.82, 2.24) is 14.7 Å². The van der Waals surface area contributed by atoms with E-state index in [1.807, 2.05) is 11.7 Å². The van der Waals surface area contributed by atoms with Gasteiger partial charge in [0, 0.05) is 13.6 Å². The molecule has 0 aliphatic heterocycles. The number of unbranched alkanes of at least 4 members (excludes halogenated alkanes) is 1. The van der Waals surface area contributed by atoms with Crippen molar-refractivity contribution >= 4 is 11.5 Å². The summed E-state index contributed by atoms with van der Waals surface area (Å²) in [7, 11) is 6.13. The Hall–Kier alpha value is -1.23. The fraction of sp³-hybridized carbons (Fsp3) is 0.769. The average Bonchev–Trinajstić information content (AvgIpc) is 2.55. The highest BCUT2D eigenvalue weighted by Gasteiger charge is 2.15. The van der Waals surface area contributed by atoms with Gasteiger partial charge in [-0.3, -0.25) is 4.68 Å². The topological polar surface area (TPSA) is 59.1 Å². The molecule has 0 fully saturated rings. The minimum atomic E-state index is 0.362. The van der Waals surface area contributed by atoms with E-state index in [1.54, 1.807) is 0 Å². The van der Waals surface area contributed by atoms with Crippen LogP contribution in [-0.4, -0.2) is 41.9 Å². The van der Waals surface area contributed by atoms with Gasteiger partial charge < -0.3 is 16.0 Å². The fourth-order valence-electron chi connectivity index (χ4n) is 1.96. The summed E-state index contributed by atoms with van der Waals surface area (Å²) in [6, 6.07) is 0. The van der Waals surface area contributed by atoms with E-state index in [4.69, 9.17) is 5.73 Å². The monoisotopic (exact) mass is 253 g/mol. The van der Waals surface area contributed by atoms with Gasteiger partial charge >= 0.3 is 0 Å². The highest BCUT2D eigenvalue weighted by atomic mass is 15.3. The van der Waals surface area contributed by atoms with Crippen LogP contribution in [0.15, 0.2) is 0 Å². The van der Waals surface area contributed by atoms with Gasteiger partial charge in [0.2, 0.25) is 0 Å². The van der Waals surface area contributed by atoms with Crippen molar-refractivity contribution in [3.8, 4) is 0 Å². The SMILES string of the molecule is CC(C)c1nn(C)c(NCCCCN(C)C)c1N. The molecule has 18 heavy (non-hydrogen) atoms. The molecular weight excluding hydrogens is 226 g/mol. The lowest BCUT2D eigenvalue weighted by Gasteiger charge is -2.10. The number of nitrogen functional groups attached to an aromatic ring is 1. The van der Waals surface area contributed by atoms with Crippen LogP contribution >= 0.6 is 0 Å². The van der Waals surface area contributed by atoms with Crippen molar-refractivity contribution < 1.29 is 0 Å². The van der Waals surface area contributed by atoms with Crippen molar-refractivity contribution in [3.63, 3.8) is 0 Å². The number of rotatable bonds is 7. The summed E-state index contributed by atoms with van der Waals surface area (Å²) in [4.78, 5) is 2.20. The number of nitrogens with two attached hydrogens (primary N) is 1. The standard InChI is InChI=1S/C13H27N5/c1-10(2)12-11(14)13(18(5)16-12)15-8-6-7-9-17(3)4/h10,15H,6-9,14H2,1-5H3. The molecule has 0 saturated heterocycles. The van der Waals surface area contributed by atoms with Crippen molar-refractivity contribution in [2.75, 3.05) is 38.2 Å². The molecule has 0 spiro atoms. The fourth-order valence-corrected chi connectivity index (χ4v) is 1.96. The Kier molecular flexibility index (Phi) is 5.47. The third-order valence-corrected chi connectivity index (χ3v) is 2.98. The second-order valence-corrected chi connectivity index (χ2v) is 5.36. The van der Waals surface area contributed by atoms with Gasteiger partial charge in [-0.1, -0.05) is 13.8 Å². The lowest BCUT2D eigenvalue weighted by molar-refractivity contribution is 0.396. The van der Waals surface area contributed by atoms with Crippen LogP contribution in [0.5, 0.6) is 0 Å². The molecular formula is C13H27N5. The first-order valence-electron chi connectivity index (χ1n) is 6.64. The van der Waals surface area contributed by atoms with E-state index in [-0.39, 0.29) is 0 Å². The number of nitrogens with one attached hydrogen (secondary N) is 1. The van der Waals surface area contributed by atoms with Gasteiger partial charge in [0.05, 0.1) is 11.4 Å². The molecule has 0 aliphatic rings. The van der Waals surface area contributed by atoms with E-state index in [0.717, 1.165) is 36.7 Å². The van der Waals surface area contributed by atoms with E-state index in [9.17, 15) is 0 Å². The smallest absolute Gasteiger partial charge is 0.147 e. The van der Waals surface area contributed by atoms with Gasteiger partial charge in [-0.05, 0) is 39.4 Å². The third-order valence-electron chi connectivity index (χ3n) is 2.98. The molecule has 5 heteroatoms. The van der Waals surface area contributed by atoms with Crippen LogP contribution in [0.2, 0.25) is 0 Å². The summed E-state index contributed by atoms with van der Waals surface area (Å²) >= 11 is 0. The van der Waals surface area contributed by atoms with E-state index < -0.39 is 0 Å². The zero-order valence-corrected chi connectivity index (χ0v) is 12.3. The number of hydrogen-bond donors (Lipinski definition) is 2. The third kappa shape index (κ3) is 3.91. The van der Waals surface area contributed by atoms with Crippen LogP contribution in [0.25, 0.3) is 0 Å². The number of hydrogen-bond acceptors (Lipinski definition) is 4. The summed E-state index contributed by atoms with van der Waals surface area (Å²) in [5.74, 6) is 1.31. The quantitative estimate of drug-likeness (QED) is 0.728. The molecule has 0 radical (unpaired) electrons. The van der Waals surface area contributed by atoms with Gasteiger partial charge in [-0.25, -0.2) is 0 Å². The second-order valence-electron chi connectivity index (χ2n) is 5.36. The summed E-state index contributed by atoms with van der Waals surface area (Å²) in [5.41, 5.74) is 7.89. The van der Waals surface area contributed by atoms with E-state index in [1.165, 1.54) is 6.42 Å². The molecule has 1 aromatic heterocycles. The zero-order valence-electron chi connectivity index (χ0n) is 12.3. The first-order chi connectivity index (χ1) is 8.43. The number of aromatic nitrogens is 2. The Balaban J connectivity index is 2.47. The molecule has 104 valence electrons. The number of aryl methyl sites for hydroxylation is 1. The van der Waals surface area contributed by atoms with Crippen LogP contribution in [0.1, 0.15) is 38.3 Å². The lowest BCUT2D eigenvalue weighted by Crippen LogP contribution is -2.15. The number of anilines is 2. The van der Waals surface area contributed by atoms with Crippen molar-refractivity contribution in [2.45, 2.75) is 32.6 Å². The maximum Gasteiger partial charge on any atom is 0.147 e. The maximum atomic E-state index is 6.11. The largest absolute Gasteiger partial charge is 0.394 e.